The van der Waals surface area contributed by atoms with Crippen LogP contribution in [-0.2, 0) is 25.3 Å². The summed E-state index contributed by atoms with van der Waals surface area (Å²) >= 11 is 0. The van der Waals surface area contributed by atoms with Crippen molar-refractivity contribution in [2.45, 2.75) is 70.8 Å². The van der Waals surface area contributed by atoms with E-state index >= 15 is 0 Å². The summed E-state index contributed by atoms with van der Waals surface area (Å²) in [5, 5.41) is 2.32. The second kappa shape index (κ2) is 16.4. The second-order valence-electron chi connectivity index (χ2n) is 11.7. The lowest BCUT2D eigenvalue weighted by Gasteiger charge is -2.43. The maximum absolute atomic E-state index is 11.0. The van der Waals surface area contributed by atoms with Crippen molar-refractivity contribution in [3.8, 4) is 17.6 Å². The molecule has 0 radical (unpaired) electrons. The Morgan fingerprint density at radius 3 is 1.88 bits per heavy atom. The van der Waals surface area contributed by atoms with Crippen molar-refractivity contribution in [2.24, 2.45) is 5.92 Å². The van der Waals surface area contributed by atoms with E-state index < -0.39 is 8.32 Å². The van der Waals surface area contributed by atoms with Gasteiger partial charge in [0.25, 0.3) is 8.32 Å². The highest BCUT2D eigenvalue weighted by atomic mass is 28.4. The molecule has 6 heteroatoms. The molecule has 5 nitrogen and oxygen atoms in total. The molecule has 3 atom stereocenters. The first-order valence-electron chi connectivity index (χ1n) is 14.7. The highest BCUT2D eigenvalue weighted by Gasteiger charge is 2.50. The fraction of sp³-hybridized carbons (Fsp3) is 0.417. The summed E-state index contributed by atoms with van der Waals surface area (Å²) in [6, 6.07) is 29.2. The highest BCUT2D eigenvalue weighted by Crippen LogP contribution is 2.37. The van der Waals surface area contributed by atoms with Crippen molar-refractivity contribution in [1.29, 1.82) is 0 Å². The monoisotopic (exact) mass is 586 g/mol. The van der Waals surface area contributed by atoms with Crippen molar-refractivity contribution in [3.05, 3.63) is 90.5 Å². The molecule has 3 rings (SSSR count). The number of ether oxygens (including phenoxy) is 3. The van der Waals surface area contributed by atoms with Gasteiger partial charge in [-0.1, -0.05) is 100 Å². The molecule has 3 aromatic rings. The lowest BCUT2D eigenvalue weighted by Crippen LogP contribution is -2.67. The maximum Gasteiger partial charge on any atom is 0.261 e. The van der Waals surface area contributed by atoms with Crippen LogP contribution in [0.3, 0.4) is 0 Å². The molecule has 0 aliphatic carbocycles. The summed E-state index contributed by atoms with van der Waals surface area (Å²) in [5.41, 5.74) is 1.06. The van der Waals surface area contributed by atoms with Crippen molar-refractivity contribution < 1.29 is 23.4 Å². The van der Waals surface area contributed by atoms with Crippen molar-refractivity contribution in [3.63, 3.8) is 0 Å². The number of methoxy groups -OCH3 is 2. The molecule has 0 saturated heterocycles. The Kier molecular flexibility index (Phi) is 13.0. The summed E-state index contributed by atoms with van der Waals surface area (Å²) in [7, 11) is 0.636. The average molecular weight is 587 g/mol. The van der Waals surface area contributed by atoms with Crippen LogP contribution in [0.1, 0.15) is 52.5 Å². The molecule has 0 saturated carbocycles. The second-order valence-corrected chi connectivity index (χ2v) is 16.0. The van der Waals surface area contributed by atoms with E-state index in [1.54, 1.807) is 14.2 Å². The first kappa shape index (κ1) is 33.3. The van der Waals surface area contributed by atoms with Gasteiger partial charge in [0.1, 0.15) is 12.0 Å². The van der Waals surface area contributed by atoms with Gasteiger partial charge >= 0.3 is 0 Å². The number of rotatable bonds is 15. The topological polar surface area (TPSA) is 54.0 Å². The Balaban J connectivity index is 1.90. The number of aldehydes is 1. The number of hydrogen-bond acceptors (Lipinski definition) is 5. The van der Waals surface area contributed by atoms with Gasteiger partial charge in [-0.05, 0) is 33.1 Å². The minimum absolute atomic E-state index is 0.0704. The van der Waals surface area contributed by atoms with E-state index in [4.69, 9.17) is 18.6 Å². The molecule has 224 valence electrons. The van der Waals surface area contributed by atoms with Gasteiger partial charge in [0, 0.05) is 32.3 Å². The smallest absolute Gasteiger partial charge is 0.261 e. The molecule has 0 aliphatic heterocycles. The van der Waals surface area contributed by atoms with E-state index in [1.807, 2.05) is 31.2 Å². The van der Waals surface area contributed by atoms with E-state index in [2.05, 4.69) is 93.3 Å². The predicted octanol–water partition coefficient (Wildman–Crippen LogP) is 6.18. The zero-order chi connectivity index (χ0) is 30.4. The normalized spacial score (nSPS) is 13.9. The van der Waals surface area contributed by atoms with Gasteiger partial charge in [0.2, 0.25) is 0 Å². The lowest BCUT2D eigenvalue weighted by molar-refractivity contribution is -0.110. The Bertz CT molecular complexity index is 1220. The van der Waals surface area contributed by atoms with E-state index in [1.165, 1.54) is 10.4 Å². The van der Waals surface area contributed by atoms with Gasteiger partial charge in [-0.2, -0.15) is 0 Å². The predicted molar refractivity (Wildman–Crippen MR) is 173 cm³/mol. The van der Waals surface area contributed by atoms with E-state index in [0.29, 0.717) is 32.5 Å². The number of benzene rings is 3. The standard InChI is InChI=1S/C36H46O5Si/c1-29(26-37)15-13-14-16-32(39-6)25-33(40-27-30-21-23-31(38-5)24-22-30)28-41-42(36(2,3)4,34-17-9-7-10-18-34)35-19-11-8-12-20-35/h7-12,17-24,26,29,32-33H,15-16,25,27-28H2,1-6H3/t29-,32+,33-/m0/s1. The van der Waals surface area contributed by atoms with Crippen LogP contribution in [0.25, 0.3) is 0 Å². The quantitative estimate of drug-likeness (QED) is 0.121. The first-order chi connectivity index (χ1) is 20.2. The van der Waals surface area contributed by atoms with Crippen molar-refractivity contribution in [2.75, 3.05) is 20.8 Å². The van der Waals surface area contributed by atoms with Crippen LogP contribution in [0, 0.1) is 17.8 Å². The molecule has 0 aliphatic rings. The van der Waals surface area contributed by atoms with Crippen LogP contribution in [0.2, 0.25) is 5.04 Å². The van der Waals surface area contributed by atoms with Gasteiger partial charge < -0.3 is 23.4 Å². The summed E-state index contributed by atoms with van der Waals surface area (Å²) in [6.45, 7) is 9.57. The number of hydrogen-bond donors (Lipinski definition) is 0. The SMILES string of the molecule is COc1ccc(CO[C@H](CO[Si](c2ccccc2)(c2ccccc2)C(C)(C)C)C[C@@H](CC#CC[C@H](C)C=O)OC)cc1. The van der Waals surface area contributed by atoms with E-state index in [0.717, 1.165) is 17.6 Å². The van der Waals surface area contributed by atoms with Crippen LogP contribution >= 0.6 is 0 Å². The fourth-order valence-corrected chi connectivity index (χ4v) is 9.71. The molecule has 42 heavy (non-hydrogen) atoms. The van der Waals surface area contributed by atoms with Crippen LogP contribution in [0.15, 0.2) is 84.9 Å². The molecule has 0 amide bonds. The minimum Gasteiger partial charge on any atom is -0.497 e. The van der Waals surface area contributed by atoms with Crippen molar-refractivity contribution >= 4 is 25.0 Å². The Labute approximate surface area is 253 Å². The third-order valence-electron chi connectivity index (χ3n) is 7.52. The zero-order valence-electron chi connectivity index (χ0n) is 26.0. The average Bonchev–Trinajstić information content (AvgIpc) is 3.01. The fourth-order valence-electron chi connectivity index (χ4n) is 5.12. The molecule has 0 N–H and O–H groups in total. The van der Waals surface area contributed by atoms with Gasteiger partial charge in [0.05, 0.1) is 32.5 Å². The van der Waals surface area contributed by atoms with E-state index in [-0.39, 0.29) is 23.2 Å². The minimum atomic E-state index is -2.74. The molecule has 3 aromatic carbocycles. The third-order valence-corrected chi connectivity index (χ3v) is 12.5. The van der Waals surface area contributed by atoms with Crippen LogP contribution < -0.4 is 15.1 Å². The van der Waals surface area contributed by atoms with Crippen molar-refractivity contribution in [1.82, 2.24) is 0 Å². The molecule has 0 aromatic heterocycles. The van der Waals surface area contributed by atoms with Crippen LogP contribution in [0.4, 0.5) is 0 Å². The molecular formula is C36H46O5Si. The van der Waals surface area contributed by atoms with Gasteiger partial charge in [0.15, 0.2) is 0 Å². The zero-order valence-corrected chi connectivity index (χ0v) is 27.0. The highest BCUT2D eigenvalue weighted by molar-refractivity contribution is 6.99. The number of carbonyl (C=O) groups is 1. The van der Waals surface area contributed by atoms with Crippen LogP contribution in [-0.4, -0.2) is 47.6 Å². The molecule has 0 fully saturated rings. The molecule has 0 bridgehead atoms. The lowest BCUT2D eigenvalue weighted by atomic mass is 10.1. The van der Waals surface area contributed by atoms with Gasteiger partial charge in [-0.3, -0.25) is 0 Å². The molecule has 0 spiro atoms. The number of carbonyl (C=O) groups excluding carboxylic acids is 1. The molecular weight excluding hydrogens is 540 g/mol. The summed E-state index contributed by atoms with van der Waals surface area (Å²) < 4.78 is 25.0. The van der Waals surface area contributed by atoms with E-state index in [9.17, 15) is 4.79 Å². The van der Waals surface area contributed by atoms with Crippen LogP contribution in [0.5, 0.6) is 5.75 Å². The van der Waals surface area contributed by atoms with Gasteiger partial charge in [-0.25, -0.2) is 0 Å². The Morgan fingerprint density at radius 2 is 1.38 bits per heavy atom. The summed E-state index contributed by atoms with van der Waals surface area (Å²) in [6.07, 6.45) is 2.32. The first-order valence-corrected chi connectivity index (χ1v) is 16.6. The molecule has 0 heterocycles. The van der Waals surface area contributed by atoms with Gasteiger partial charge in [-0.15, -0.1) is 11.8 Å². The summed E-state index contributed by atoms with van der Waals surface area (Å²) in [5.74, 6) is 7.07. The maximum atomic E-state index is 11.0. The molecule has 0 unspecified atom stereocenters. The Hall–Kier alpha value is -3.21. The largest absolute Gasteiger partial charge is 0.497 e. The third kappa shape index (κ3) is 9.14. The summed E-state index contributed by atoms with van der Waals surface area (Å²) in [4.78, 5) is 11.0. The Morgan fingerprint density at radius 1 is 0.810 bits per heavy atom.